The van der Waals surface area contributed by atoms with Crippen molar-refractivity contribution in [2.75, 3.05) is 10.6 Å². The van der Waals surface area contributed by atoms with Crippen molar-refractivity contribution in [1.29, 1.82) is 0 Å². The van der Waals surface area contributed by atoms with Crippen LogP contribution in [0, 0.1) is 5.82 Å². The van der Waals surface area contributed by atoms with Gasteiger partial charge in [0.1, 0.15) is 5.82 Å². The maximum Gasteiger partial charge on any atom is 0.323 e. The van der Waals surface area contributed by atoms with Gasteiger partial charge in [0.05, 0.1) is 4.90 Å². The zero-order valence-electron chi connectivity index (χ0n) is 11.2. The molecule has 1 aliphatic heterocycles. The van der Waals surface area contributed by atoms with Crippen LogP contribution in [0.4, 0.5) is 20.6 Å². The largest absolute Gasteiger partial charge is 0.323 e. The van der Waals surface area contributed by atoms with Gasteiger partial charge in [0, 0.05) is 16.8 Å². The maximum absolute atomic E-state index is 12.8. The number of fused-ring (bicyclic) bond motifs is 1. The molecule has 0 radical (unpaired) electrons. The van der Waals surface area contributed by atoms with Crippen molar-refractivity contribution in [2.24, 2.45) is 0 Å². The van der Waals surface area contributed by atoms with E-state index < -0.39 is 21.7 Å². The molecule has 0 aliphatic carbocycles. The Balaban J connectivity index is 1.74. The molecule has 5 nitrogen and oxygen atoms in total. The molecule has 1 heterocycles. The zero-order valence-corrected chi connectivity index (χ0v) is 12.0. The Morgan fingerprint density at radius 2 is 1.59 bits per heavy atom. The summed E-state index contributed by atoms with van der Waals surface area (Å²) in [4.78, 5) is 12.0. The molecule has 0 spiro atoms. The summed E-state index contributed by atoms with van der Waals surface area (Å²) in [5.41, 5.74) is 1.37. The number of urea groups is 1. The molecular formula is C15H11FN2O3S. The monoisotopic (exact) mass is 318 g/mol. The lowest BCUT2D eigenvalue weighted by atomic mass is 10.2. The summed E-state index contributed by atoms with van der Waals surface area (Å²) >= 11 is 0. The molecule has 2 amide bonds. The Morgan fingerprint density at radius 3 is 2.32 bits per heavy atom. The van der Waals surface area contributed by atoms with E-state index in [0.717, 1.165) is 5.41 Å². The second-order valence-corrected chi connectivity index (χ2v) is 6.49. The second-order valence-electron chi connectivity index (χ2n) is 4.69. The third-order valence-corrected chi connectivity index (χ3v) is 4.57. The number of benzene rings is 2. The molecule has 0 fully saturated rings. The van der Waals surface area contributed by atoms with Crippen molar-refractivity contribution in [3.05, 3.63) is 59.3 Å². The Morgan fingerprint density at radius 1 is 0.955 bits per heavy atom. The molecule has 0 atom stereocenters. The van der Waals surface area contributed by atoms with E-state index in [-0.39, 0.29) is 4.90 Å². The average molecular weight is 318 g/mol. The second kappa shape index (κ2) is 5.27. The van der Waals surface area contributed by atoms with Gasteiger partial charge < -0.3 is 10.6 Å². The molecule has 2 N–H and O–H groups in total. The molecule has 1 aliphatic rings. The van der Waals surface area contributed by atoms with Crippen LogP contribution in [0.1, 0.15) is 5.56 Å². The number of amides is 2. The lowest BCUT2D eigenvalue weighted by Gasteiger charge is -2.09. The molecule has 3 rings (SSSR count). The SMILES string of the molecule is O=C(Nc1ccc(F)cc1)Nc1ccc2c(c1)S(=O)(=O)C=C2. The molecule has 22 heavy (non-hydrogen) atoms. The van der Waals surface area contributed by atoms with Gasteiger partial charge in [-0.1, -0.05) is 6.07 Å². The fraction of sp³-hybridized carbons (Fsp3) is 0. The summed E-state index contributed by atoms with van der Waals surface area (Å²) in [7, 11) is -3.42. The third-order valence-electron chi connectivity index (χ3n) is 3.11. The number of carbonyl (C=O) groups excluding carboxylic acids is 1. The summed E-state index contributed by atoms with van der Waals surface area (Å²) in [5, 5.41) is 6.19. The average Bonchev–Trinajstić information content (AvgIpc) is 2.77. The van der Waals surface area contributed by atoms with Crippen LogP contribution in [0.15, 0.2) is 52.8 Å². The molecule has 0 saturated heterocycles. The number of nitrogens with one attached hydrogen (secondary N) is 2. The summed E-state index contributed by atoms with van der Waals surface area (Å²) in [5.74, 6) is -0.401. The van der Waals surface area contributed by atoms with E-state index in [9.17, 15) is 17.6 Å². The number of anilines is 2. The minimum Gasteiger partial charge on any atom is -0.308 e. The Kier molecular flexibility index (Phi) is 3.42. The van der Waals surface area contributed by atoms with Crippen molar-refractivity contribution in [1.82, 2.24) is 0 Å². The first-order chi connectivity index (χ1) is 10.4. The Bertz CT molecular complexity index is 874. The van der Waals surface area contributed by atoms with Crippen molar-refractivity contribution in [2.45, 2.75) is 4.90 Å². The molecule has 112 valence electrons. The number of carbonyl (C=O) groups is 1. The highest BCUT2D eigenvalue weighted by molar-refractivity contribution is 7.94. The van der Waals surface area contributed by atoms with Gasteiger partial charge in [-0.25, -0.2) is 17.6 Å². The van der Waals surface area contributed by atoms with Crippen molar-refractivity contribution >= 4 is 33.3 Å². The Hall–Kier alpha value is -2.67. The predicted molar refractivity (Wildman–Crippen MR) is 81.7 cm³/mol. The topological polar surface area (TPSA) is 75.3 Å². The number of hydrogen-bond acceptors (Lipinski definition) is 3. The normalized spacial score (nSPS) is 14.4. The molecule has 2 aromatic rings. The highest BCUT2D eigenvalue weighted by Gasteiger charge is 2.21. The van der Waals surface area contributed by atoms with Crippen LogP contribution in [0.25, 0.3) is 6.08 Å². The fourth-order valence-electron chi connectivity index (χ4n) is 2.06. The summed E-state index contributed by atoms with van der Waals surface area (Å²) in [6.45, 7) is 0. The van der Waals surface area contributed by atoms with Gasteiger partial charge >= 0.3 is 6.03 Å². The van der Waals surface area contributed by atoms with Gasteiger partial charge in [-0.3, -0.25) is 0 Å². The standard InChI is InChI=1S/C15H11FN2O3S/c16-11-2-5-12(6-3-11)17-15(19)18-13-4-1-10-7-8-22(20,21)14(10)9-13/h1-9H,(H2,17,18,19). The number of hydrogen-bond donors (Lipinski definition) is 2. The fourth-order valence-corrected chi connectivity index (χ4v) is 3.29. The first-order valence-electron chi connectivity index (χ1n) is 6.35. The smallest absolute Gasteiger partial charge is 0.308 e. The number of sulfone groups is 1. The lowest BCUT2D eigenvalue weighted by Crippen LogP contribution is -2.19. The molecule has 0 unspecified atom stereocenters. The van der Waals surface area contributed by atoms with E-state index in [1.165, 1.54) is 36.4 Å². The summed E-state index contributed by atoms with van der Waals surface area (Å²) in [6.07, 6.45) is 1.51. The first kappa shape index (κ1) is 14.3. The lowest BCUT2D eigenvalue weighted by molar-refractivity contribution is 0.262. The summed E-state index contributed by atoms with van der Waals surface area (Å²) in [6, 6.07) is 9.37. The van der Waals surface area contributed by atoms with Crippen LogP contribution in [-0.4, -0.2) is 14.4 Å². The first-order valence-corrected chi connectivity index (χ1v) is 7.89. The van der Waals surface area contributed by atoms with Crippen LogP contribution in [0.3, 0.4) is 0 Å². The Labute approximate surface area is 126 Å². The number of rotatable bonds is 2. The van der Waals surface area contributed by atoms with Crippen LogP contribution in [0.2, 0.25) is 0 Å². The van der Waals surface area contributed by atoms with E-state index >= 15 is 0 Å². The minimum atomic E-state index is -3.42. The maximum atomic E-state index is 12.8. The molecule has 0 saturated carbocycles. The quantitative estimate of drug-likeness (QED) is 0.892. The minimum absolute atomic E-state index is 0.159. The van der Waals surface area contributed by atoms with Crippen LogP contribution in [0.5, 0.6) is 0 Å². The van der Waals surface area contributed by atoms with Gasteiger partial charge in [-0.2, -0.15) is 0 Å². The molecule has 0 aromatic heterocycles. The van der Waals surface area contributed by atoms with Gasteiger partial charge in [0.25, 0.3) is 0 Å². The highest BCUT2D eigenvalue weighted by atomic mass is 32.2. The van der Waals surface area contributed by atoms with Crippen molar-refractivity contribution in [3.8, 4) is 0 Å². The number of halogens is 1. The summed E-state index contributed by atoms with van der Waals surface area (Å²) < 4.78 is 36.3. The molecule has 7 heteroatoms. The van der Waals surface area contributed by atoms with E-state index in [1.807, 2.05) is 0 Å². The van der Waals surface area contributed by atoms with Crippen molar-refractivity contribution < 1.29 is 17.6 Å². The van der Waals surface area contributed by atoms with Gasteiger partial charge in [-0.15, -0.1) is 0 Å². The van der Waals surface area contributed by atoms with Crippen LogP contribution >= 0.6 is 0 Å². The molecule has 2 aromatic carbocycles. The highest BCUT2D eigenvalue weighted by Crippen LogP contribution is 2.29. The van der Waals surface area contributed by atoms with Gasteiger partial charge in [-0.05, 0) is 48.0 Å². The van der Waals surface area contributed by atoms with E-state index in [0.29, 0.717) is 16.9 Å². The van der Waals surface area contributed by atoms with Gasteiger partial charge in [0.2, 0.25) is 9.84 Å². The zero-order chi connectivity index (χ0) is 15.7. The predicted octanol–water partition coefficient (Wildman–Crippen LogP) is 3.23. The molecule has 0 bridgehead atoms. The van der Waals surface area contributed by atoms with Crippen molar-refractivity contribution in [3.63, 3.8) is 0 Å². The van der Waals surface area contributed by atoms with E-state index in [4.69, 9.17) is 0 Å². The molecular weight excluding hydrogens is 307 g/mol. The van der Waals surface area contributed by atoms with Gasteiger partial charge in [0.15, 0.2) is 0 Å². The third kappa shape index (κ3) is 2.84. The van der Waals surface area contributed by atoms with Crippen LogP contribution < -0.4 is 10.6 Å². The van der Waals surface area contributed by atoms with E-state index in [1.54, 1.807) is 12.1 Å². The van der Waals surface area contributed by atoms with Crippen LogP contribution in [-0.2, 0) is 9.84 Å². The van der Waals surface area contributed by atoms with E-state index in [2.05, 4.69) is 10.6 Å².